The molecule has 9 heteroatoms. The molecule has 1 aromatic heterocycles. The Labute approximate surface area is 149 Å². The number of aromatic amines is 1. The van der Waals surface area contributed by atoms with Gasteiger partial charge in [-0.3, -0.25) is 14.7 Å². The van der Waals surface area contributed by atoms with Crippen LogP contribution >= 0.6 is 11.8 Å². The van der Waals surface area contributed by atoms with Gasteiger partial charge < -0.3 is 5.32 Å². The first-order chi connectivity index (χ1) is 12.1. The standard InChI is InChI=1S/C16H21N5O3S/c1-3-10-21-15(24)19-20-16(21)25-12(11-8-6-5-7-9-11)13(22)18-14(23)17-4-2/h5-9,12H,3-4,10H2,1-2H3,(H,19,24)(H2,17,18,22,23)/t12-/m1/s1. The molecule has 2 aromatic rings. The summed E-state index contributed by atoms with van der Waals surface area (Å²) in [4.78, 5) is 36.1. The van der Waals surface area contributed by atoms with Crippen LogP contribution in [0, 0.1) is 0 Å². The summed E-state index contributed by atoms with van der Waals surface area (Å²) in [6, 6.07) is 8.50. The van der Waals surface area contributed by atoms with Gasteiger partial charge in [0.05, 0.1) is 0 Å². The molecule has 25 heavy (non-hydrogen) atoms. The number of hydrogen-bond acceptors (Lipinski definition) is 5. The van der Waals surface area contributed by atoms with Gasteiger partial charge in [-0.25, -0.2) is 14.7 Å². The number of H-pyrrole nitrogens is 1. The Kier molecular flexibility index (Phi) is 6.81. The van der Waals surface area contributed by atoms with Gasteiger partial charge in [-0.1, -0.05) is 49.0 Å². The Morgan fingerprint density at radius 2 is 2.00 bits per heavy atom. The van der Waals surface area contributed by atoms with E-state index in [1.807, 2.05) is 25.1 Å². The minimum atomic E-state index is -0.713. The molecule has 1 atom stereocenters. The highest BCUT2D eigenvalue weighted by Crippen LogP contribution is 2.33. The van der Waals surface area contributed by atoms with E-state index in [1.54, 1.807) is 19.1 Å². The van der Waals surface area contributed by atoms with Gasteiger partial charge >= 0.3 is 11.7 Å². The molecule has 0 aliphatic heterocycles. The fourth-order valence-electron chi connectivity index (χ4n) is 2.20. The number of hydrogen-bond donors (Lipinski definition) is 3. The fraction of sp³-hybridized carbons (Fsp3) is 0.375. The molecule has 8 nitrogen and oxygen atoms in total. The third-order valence-corrected chi connectivity index (χ3v) is 4.55. The predicted molar refractivity (Wildman–Crippen MR) is 95.4 cm³/mol. The van der Waals surface area contributed by atoms with E-state index in [9.17, 15) is 14.4 Å². The Bertz CT molecular complexity index is 772. The van der Waals surface area contributed by atoms with Crippen molar-refractivity contribution in [1.82, 2.24) is 25.4 Å². The van der Waals surface area contributed by atoms with Gasteiger partial charge in [-0.15, -0.1) is 5.10 Å². The van der Waals surface area contributed by atoms with Crippen LogP contribution in [0.15, 0.2) is 40.3 Å². The van der Waals surface area contributed by atoms with Crippen molar-refractivity contribution < 1.29 is 9.59 Å². The van der Waals surface area contributed by atoms with Crippen LogP contribution in [0.4, 0.5) is 4.79 Å². The number of thioether (sulfide) groups is 1. The van der Waals surface area contributed by atoms with Gasteiger partial charge in [0.2, 0.25) is 5.91 Å². The van der Waals surface area contributed by atoms with Crippen molar-refractivity contribution in [2.75, 3.05) is 6.54 Å². The van der Waals surface area contributed by atoms with Crippen LogP contribution in [0.3, 0.4) is 0 Å². The molecule has 0 radical (unpaired) electrons. The topological polar surface area (TPSA) is 109 Å². The fourth-order valence-corrected chi connectivity index (χ4v) is 3.27. The normalized spacial score (nSPS) is 11.8. The van der Waals surface area contributed by atoms with Crippen LogP contribution in [-0.2, 0) is 11.3 Å². The lowest BCUT2D eigenvalue weighted by Crippen LogP contribution is -2.41. The Balaban J connectivity index is 2.28. The summed E-state index contributed by atoms with van der Waals surface area (Å²) in [5.74, 6) is -0.472. The smallest absolute Gasteiger partial charge is 0.338 e. The highest BCUT2D eigenvalue weighted by atomic mass is 32.2. The summed E-state index contributed by atoms with van der Waals surface area (Å²) in [7, 11) is 0. The van der Waals surface area contributed by atoms with Crippen LogP contribution < -0.4 is 16.3 Å². The number of nitrogens with one attached hydrogen (secondary N) is 3. The highest BCUT2D eigenvalue weighted by molar-refractivity contribution is 8.00. The molecule has 0 saturated heterocycles. The van der Waals surface area contributed by atoms with E-state index >= 15 is 0 Å². The van der Waals surface area contributed by atoms with Gasteiger partial charge in [0.25, 0.3) is 0 Å². The van der Waals surface area contributed by atoms with Crippen LogP contribution in [-0.4, -0.2) is 33.2 Å². The van der Waals surface area contributed by atoms with Crippen molar-refractivity contribution >= 4 is 23.7 Å². The molecular weight excluding hydrogens is 342 g/mol. The first kappa shape index (κ1) is 18.8. The van der Waals surface area contributed by atoms with Gasteiger partial charge in [0, 0.05) is 13.1 Å². The van der Waals surface area contributed by atoms with E-state index in [4.69, 9.17) is 0 Å². The number of amides is 3. The van der Waals surface area contributed by atoms with Gasteiger partial charge in [-0.2, -0.15) is 0 Å². The van der Waals surface area contributed by atoms with E-state index < -0.39 is 17.2 Å². The monoisotopic (exact) mass is 363 g/mol. The van der Waals surface area contributed by atoms with E-state index in [0.29, 0.717) is 23.8 Å². The van der Waals surface area contributed by atoms with Crippen molar-refractivity contribution in [3.05, 3.63) is 46.4 Å². The maximum absolute atomic E-state index is 12.6. The second-order valence-corrected chi connectivity index (χ2v) is 6.29. The SMILES string of the molecule is CCCn1c(S[C@@H](C(=O)NC(=O)NCC)c2ccccc2)n[nH]c1=O. The second-order valence-electron chi connectivity index (χ2n) is 5.22. The average Bonchev–Trinajstić information content (AvgIpc) is 2.94. The predicted octanol–water partition coefficient (Wildman–Crippen LogP) is 1.66. The van der Waals surface area contributed by atoms with Crippen LogP contribution in [0.5, 0.6) is 0 Å². The van der Waals surface area contributed by atoms with Crippen molar-refractivity contribution in [3.63, 3.8) is 0 Å². The number of aromatic nitrogens is 3. The molecule has 1 aromatic carbocycles. The van der Waals surface area contributed by atoms with Crippen LogP contribution in [0.25, 0.3) is 0 Å². The number of nitrogens with zero attached hydrogens (tertiary/aromatic N) is 2. The maximum atomic E-state index is 12.6. The first-order valence-electron chi connectivity index (χ1n) is 8.02. The zero-order chi connectivity index (χ0) is 18.2. The molecule has 0 unspecified atom stereocenters. The van der Waals surface area contributed by atoms with E-state index in [2.05, 4.69) is 20.8 Å². The van der Waals surface area contributed by atoms with Crippen molar-refractivity contribution in [1.29, 1.82) is 0 Å². The molecule has 134 valence electrons. The number of rotatable bonds is 7. The zero-order valence-electron chi connectivity index (χ0n) is 14.1. The summed E-state index contributed by atoms with van der Waals surface area (Å²) in [6.07, 6.45) is 0.758. The highest BCUT2D eigenvalue weighted by Gasteiger charge is 2.26. The Morgan fingerprint density at radius 1 is 1.28 bits per heavy atom. The molecular formula is C16H21N5O3S. The minimum Gasteiger partial charge on any atom is -0.338 e. The lowest BCUT2D eigenvalue weighted by Gasteiger charge is -2.16. The molecule has 3 amide bonds. The van der Waals surface area contributed by atoms with Crippen molar-refractivity contribution in [3.8, 4) is 0 Å². The number of carbonyl (C=O) groups excluding carboxylic acids is 2. The molecule has 0 spiro atoms. The molecule has 0 fully saturated rings. The quantitative estimate of drug-likeness (QED) is 0.648. The summed E-state index contributed by atoms with van der Waals surface area (Å²) >= 11 is 1.13. The molecule has 0 saturated carbocycles. The first-order valence-corrected chi connectivity index (χ1v) is 8.90. The van der Waals surface area contributed by atoms with Gasteiger partial charge in [0.1, 0.15) is 5.25 Å². The molecule has 3 N–H and O–H groups in total. The average molecular weight is 363 g/mol. The summed E-state index contributed by atoms with van der Waals surface area (Å²) < 4.78 is 1.49. The van der Waals surface area contributed by atoms with Gasteiger partial charge in [0.15, 0.2) is 5.16 Å². The summed E-state index contributed by atoms with van der Waals surface area (Å²) in [5, 5.41) is 11.0. The van der Waals surface area contributed by atoms with Crippen LogP contribution in [0.1, 0.15) is 31.1 Å². The van der Waals surface area contributed by atoms with Crippen molar-refractivity contribution in [2.45, 2.75) is 37.2 Å². The third kappa shape index (κ3) is 4.96. The van der Waals surface area contributed by atoms with E-state index in [-0.39, 0.29) is 5.69 Å². The van der Waals surface area contributed by atoms with Crippen LogP contribution in [0.2, 0.25) is 0 Å². The van der Waals surface area contributed by atoms with Gasteiger partial charge in [-0.05, 0) is 18.9 Å². The molecule has 0 aliphatic carbocycles. The molecule has 0 bridgehead atoms. The zero-order valence-corrected chi connectivity index (χ0v) is 14.9. The third-order valence-electron chi connectivity index (χ3n) is 3.31. The largest absolute Gasteiger partial charge is 0.343 e. The van der Waals surface area contributed by atoms with E-state index in [1.165, 1.54) is 4.57 Å². The number of carbonyl (C=O) groups is 2. The summed E-state index contributed by atoms with van der Waals surface area (Å²) in [5.41, 5.74) is 0.396. The second kappa shape index (κ2) is 9.07. The molecule has 0 aliphatic rings. The van der Waals surface area contributed by atoms with Crippen molar-refractivity contribution in [2.24, 2.45) is 0 Å². The number of imide groups is 1. The van der Waals surface area contributed by atoms with E-state index in [0.717, 1.165) is 18.2 Å². The lowest BCUT2D eigenvalue weighted by molar-refractivity contribution is -0.119. The lowest BCUT2D eigenvalue weighted by atomic mass is 10.1. The molecule has 1 heterocycles. The Morgan fingerprint density at radius 3 is 2.64 bits per heavy atom. The number of benzene rings is 1. The Hall–Kier alpha value is -2.55. The summed E-state index contributed by atoms with van der Waals surface area (Å²) in [6.45, 7) is 4.62. The number of urea groups is 1. The maximum Gasteiger partial charge on any atom is 0.343 e. The molecule has 2 rings (SSSR count). The minimum absolute atomic E-state index is 0.319.